The molecule has 0 aliphatic carbocycles. The van der Waals surface area contributed by atoms with Crippen molar-refractivity contribution in [3.63, 3.8) is 0 Å². The molecule has 2 atom stereocenters. The van der Waals surface area contributed by atoms with Crippen molar-refractivity contribution in [3.05, 3.63) is 35.6 Å². The Labute approximate surface area is 140 Å². The van der Waals surface area contributed by atoms with Crippen molar-refractivity contribution < 1.29 is 23.6 Å². The minimum Gasteiger partial charge on any atom is -0.469 e. The topological polar surface area (TPSA) is 68.2 Å². The van der Waals surface area contributed by atoms with E-state index in [9.17, 15) is 14.0 Å². The van der Waals surface area contributed by atoms with E-state index in [-0.39, 0.29) is 30.7 Å². The van der Waals surface area contributed by atoms with Gasteiger partial charge < -0.3 is 14.5 Å². The van der Waals surface area contributed by atoms with Crippen LogP contribution in [-0.4, -0.2) is 48.8 Å². The average molecular weight is 336 g/mol. The van der Waals surface area contributed by atoms with Crippen molar-refractivity contribution in [1.82, 2.24) is 4.90 Å². The Balaban J connectivity index is 1.99. The van der Waals surface area contributed by atoms with E-state index in [2.05, 4.69) is 9.89 Å². The molecule has 0 N–H and O–H groups in total. The Hall–Kier alpha value is -2.44. The molecule has 0 fully saturated rings. The quantitative estimate of drug-likeness (QED) is 0.745. The van der Waals surface area contributed by atoms with Gasteiger partial charge in [-0.2, -0.15) is 0 Å². The molecule has 6 nitrogen and oxygen atoms in total. The van der Waals surface area contributed by atoms with Gasteiger partial charge in [0.1, 0.15) is 5.82 Å². The number of carbonyl (C=O) groups excluding carboxylic acids is 2. The monoisotopic (exact) mass is 336 g/mol. The zero-order chi connectivity index (χ0) is 17.7. The summed E-state index contributed by atoms with van der Waals surface area (Å²) in [5, 5.41) is 3.91. The van der Waals surface area contributed by atoms with Gasteiger partial charge in [0.2, 0.25) is 6.10 Å². The van der Waals surface area contributed by atoms with Gasteiger partial charge in [0.05, 0.1) is 18.7 Å². The number of oxime groups is 1. The number of nitrogens with zero attached hydrogens (tertiary/aromatic N) is 2. The Kier molecular flexibility index (Phi) is 5.89. The van der Waals surface area contributed by atoms with Crippen LogP contribution in [0.4, 0.5) is 4.39 Å². The molecule has 1 aromatic carbocycles. The highest BCUT2D eigenvalue weighted by molar-refractivity contribution is 6.04. The fourth-order valence-electron chi connectivity index (χ4n) is 2.53. The predicted octanol–water partition coefficient (Wildman–Crippen LogP) is 1.98. The van der Waals surface area contributed by atoms with E-state index >= 15 is 0 Å². The molecule has 0 spiro atoms. The number of hydrogen-bond donors (Lipinski definition) is 0. The standard InChI is InChI=1S/C17H21FN2O4/c1-4-20(10-11(2)17(22)23-3)16(21)15-9-14(19-24-15)12-6-5-7-13(18)8-12/h5-8,11,15H,4,9-10H2,1-3H3/t11-,15-/m0/s1. The van der Waals surface area contributed by atoms with Gasteiger partial charge in [-0.15, -0.1) is 0 Å². The maximum absolute atomic E-state index is 13.3. The third-order valence-electron chi connectivity index (χ3n) is 3.89. The smallest absolute Gasteiger partial charge is 0.310 e. The van der Waals surface area contributed by atoms with Gasteiger partial charge in [-0.25, -0.2) is 4.39 Å². The van der Waals surface area contributed by atoms with Crippen molar-refractivity contribution in [2.24, 2.45) is 11.1 Å². The number of methoxy groups -OCH3 is 1. The van der Waals surface area contributed by atoms with Crippen molar-refractivity contribution in [3.8, 4) is 0 Å². The van der Waals surface area contributed by atoms with E-state index in [0.29, 0.717) is 17.8 Å². The second-order valence-electron chi connectivity index (χ2n) is 5.65. The van der Waals surface area contributed by atoms with Crippen molar-refractivity contribution in [1.29, 1.82) is 0 Å². The summed E-state index contributed by atoms with van der Waals surface area (Å²) >= 11 is 0. The molecule has 2 rings (SSSR count). The fourth-order valence-corrected chi connectivity index (χ4v) is 2.53. The summed E-state index contributed by atoms with van der Waals surface area (Å²) in [4.78, 5) is 30.9. The van der Waals surface area contributed by atoms with Gasteiger partial charge in [-0.1, -0.05) is 24.2 Å². The summed E-state index contributed by atoms with van der Waals surface area (Å²) in [7, 11) is 1.32. The highest BCUT2D eigenvalue weighted by Gasteiger charge is 2.33. The van der Waals surface area contributed by atoms with Crippen LogP contribution in [0.2, 0.25) is 0 Å². The van der Waals surface area contributed by atoms with E-state index in [1.54, 1.807) is 19.1 Å². The molecule has 0 saturated heterocycles. The molecule has 0 aromatic heterocycles. The zero-order valence-electron chi connectivity index (χ0n) is 14.0. The van der Waals surface area contributed by atoms with Crippen LogP contribution in [-0.2, 0) is 19.2 Å². The van der Waals surface area contributed by atoms with E-state index in [1.165, 1.54) is 24.1 Å². The number of esters is 1. The number of hydrogen-bond acceptors (Lipinski definition) is 5. The SMILES string of the molecule is CCN(C[C@H](C)C(=O)OC)C(=O)[C@@H]1CC(c2cccc(F)c2)=NO1. The Morgan fingerprint density at radius 2 is 2.25 bits per heavy atom. The minimum atomic E-state index is -0.756. The lowest BCUT2D eigenvalue weighted by Crippen LogP contribution is -2.42. The van der Waals surface area contributed by atoms with Crippen LogP contribution in [0.15, 0.2) is 29.4 Å². The highest BCUT2D eigenvalue weighted by atomic mass is 19.1. The first-order valence-corrected chi connectivity index (χ1v) is 7.81. The molecule has 0 bridgehead atoms. The van der Waals surface area contributed by atoms with Gasteiger partial charge in [0.15, 0.2) is 0 Å². The van der Waals surface area contributed by atoms with Crippen molar-refractivity contribution in [2.45, 2.75) is 26.4 Å². The molecule has 7 heteroatoms. The molecule has 1 aromatic rings. The van der Waals surface area contributed by atoms with Gasteiger partial charge >= 0.3 is 5.97 Å². The average Bonchev–Trinajstić information content (AvgIpc) is 3.08. The van der Waals surface area contributed by atoms with Gasteiger partial charge in [-0.05, 0) is 19.1 Å². The Morgan fingerprint density at radius 1 is 1.50 bits per heavy atom. The van der Waals surface area contributed by atoms with Crippen molar-refractivity contribution in [2.75, 3.05) is 20.2 Å². The highest BCUT2D eigenvalue weighted by Crippen LogP contribution is 2.19. The Morgan fingerprint density at radius 3 is 2.88 bits per heavy atom. The summed E-state index contributed by atoms with van der Waals surface area (Å²) in [6.07, 6.45) is -0.487. The Bertz CT molecular complexity index is 647. The molecule has 1 heterocycles. The van der Waals surface area contributed by atoms with Crippen LogP contribution in [0.25, 0.3) is 0 Å². The summed E-state index contributed by atoms with van der Waals surface area (Å²) in [5.41, 5.74) is 1.13. The third-order valence-corrected chi connectivity index (χ3v) is 3.89. The zero-order valence-corrected chi connectivity index (χ0v) is 14.0. The van der Waals surface area contributed by atoms with E-state index < -0.39 is 12.0 Å². The lowest BCUT2D eigenvalue weighted by Gasteiger charge is -2.25. The number of ether oxygens (including phenoxy) is 1. The number of carbonyl (C=O) groups is 2. The summed E-state index contributed by atoms with van der Waals surface area (Å²) in [6.45, 7) is 4.21. The molecule has 0 saturated carbocycles. The maximum atomic E-state index is 13.3. The van der Waals surface area contributed by atoms with E-state index in [1.807, 2.05) is 6.92 Å². The first-order valence-electron chi connectivity index (χ1n) is 7.81. The molecule has 0 radical (unpaired) electrons. The number of likely N-dealkylation sites (N-methyl/N-ethyl adjacent to an activating group) is 1. The normalized spacial score (nSPS) is 17.7. The lowest BCUT2D eigenvalue weighted by atomic mass is 10.0. The molecule has 1 aliphatic heterocycles. The second kappa shape index (κ2) is 7.90. The molecular formula is C17H21FN2O4. The first-order chi connectivity index (χ1) is 11.5. The van der Waals surface area contributed by atoms with Crippen LogP contribution in [0, 0.1) is 11.7 Å². The first kappa shape index (κ1) is 17.9. The largest absolute Gasteiger partial charge is 0.469 e. The molecule has 1 aliphatic rings. The number of benzene rings is 1. The number of halogens is 1. The fraction of sp³-hybridized carbons (Fsp3) is 0.471. The van der Waals surface area contributed by atoms with E-state index in [0.717, 1.165) is 0 Å². The van der Waals surface area contributed by atoms with Crippen LogP contribution >= 0.6 is 0 Å². The lowest BCUT2D eigenvalue weighted by molar-refractivity contribution is -0.148. The van der Waals surface area contributed by atoms with Gasteiger partial charge in [-0.3, -0.25) is 9.59 Å². The van der Waals surface area contributed by atoms with Crippen molar-refractivity contribution >= 4 is 17.6 Å². The van der Waals surface area contributed by atoms with E-state index in [4.69, 9.17) is 4.84 Å². The summed E-state index contributed by atoms with van der Waals surface area (Å²) in [5.74, 6) is -1.41. The summed E-state index contributed by atoms with van der Waals surface area (Å²) < 4.78 is 18.0. The number of rotatable bonds is 6. The molecule has 130 valence electrons. The molecule has 1 amide bonds. The maximum Gasteiger partial charge on any atom is 0.310 e. The van der Waals surface area contributed by atoms with Gasteiger partial charge in [0, 0.05) is 25.1 Å². The number of amides is 1. The predicted molar refractivity (Wildman–Crippen MR) is 85.9 cm³/mol. The van der Waals surface area contributed by atoms with Crippen LogP contribution in [0.5, 0.6) is 0 Å². The summed E-state index contributed by atoms with van der Waals surface area (Å²) in [6, 6.07) is 6.00. The minimum absolute atomic E-state index is 0.247. The second-order valence-corrected chi connectivity index (χ2v) is 5.65. The molecular weight excluding hydrogens is 315 g/mol. The molecule has 0 unspecified atom stereocenters. The van der Waals surface area contributed by atoms with Crippen LogP contribution < -0.4 is 0 Å². The van der Waals surface area contributed by atoms with Crippen LogP contribution in [0.3, 0.4) is 0 Å². The van der Waals surface area contributed by atoms with Crippen LogP contribution in [0.1, 0.15) is 25.8 Å². The molecule has 24 heavy (non-hydrogen) atoms. The third kappa shape index (κ3) is 4.10. The van der Waals surface area contributed by atoms with Gasteiger partial charge in [0.25, 0.3) is 5.91 Å².